The standard InChI is InChI=1S/C18H17NS/c20-16-11-10-15-17(12-6-2-1-3-7-12)13-8-4-5-9-14(13)18(15)19-16/h1-9,15,17-18H,10-11H2,(H,19,20)/t15-,17-,18+/m0/s1. The molecule has 2 aliphatic rings. The first kappa shape index (κ1) is 12.1. The highest BCUT2D eigenvalue weighted by atomic mass is 32.1. The fourth-order valence-corrected chi connectivity index (χ4v) is 4.12. The second kappa shape index (κ2) is 4.71. The Balaban J connectivity index is 1.85. The maximum atomic E-state index is 5.40. The average molecular weight is 279 g/mol. The number of nitrogens with one attached hydrogen (secondary N) is 1. The molecule has 1 aliphatic carbocycles. The van der Waals surface area contributed by atoms with Crippen molar-refractivity contribution in [3.63, 3.8) is 0 Å². The van der Waals surface area contributed by atoms with Gasteiger partial charge < -0.3 is 5.32 Å². The van der Waals surface area contributed by atoms with Crippen LogP contribution in [0.3, 0.4) is 0 Å². The lowest BCUT2D eigenvalue weighted by Crippen LogP contribution is -2.36. The normalized spacial score (nSPS) is 27.6. The monoisotopic (exact) mass is 279 g/mol. The first-order valence-corrected chi connectivity index (χ1v) is 7.68. The summed E-state index contributed by atoms with van der Waals surface area (Å²) in [5.41, 5.74) is 4.35. The number of thiocarbonyl (C=S) groups is 1. The Labute approximate surface area is 125 Å². The van der Waals surface area contributed by atoms with Crippen molar-refractivity contribution < 1.29 is 0 Å². The quantitative estimate of drug-likeness (QED) is 0.785. The van der Waals surface area contributed by atoms with Gasteiger partial charge in [-0.05, 0) is 35.4 Å². The second-order valence-corrected chi connectivity index (χ2v) is 6.26. The Bertz CT molecular complexity index is 649. The summed E-state index contributed by atoms with van der Waals surface area (Å²) in [6.45, 7) is 0. The molecule has 1 N–H and O–H groups in total. The van der Waals surface area contributed by atoms with Crippen LogP contribution in [0.1, 0.15) is 41.5 Å². The van der Waals surface area contributed by atoms with Crippen LogP contribution in [0.5, 0.6) is 0 Å². The summed E-state index contributed by atoms with van der Waals surface area (Å²) in [7, 11) is 0. The summed E-state index contributed by atoms with van der Waals surface area (Å²) in [5, 5.41) is 3.57. The van der Waals surface area contributed by atoms with Crippen molar-refractivity contribution >= 4 is 17.2 Å². The molecule has 0 bridgehead atoms. The zero-order valence-corrected chi connectivity index (χ0v) is 12.1. The molecule has 1 aliphatic heterocycles. The van der Waals surface area contributed by atoms with E-state index in [-0.39, 0.29) is 0 Å². The largest absolute Gasteiger partial charge is 0.373 e. The molecule has 0 aromatic heterocycles. The van der Waals surface area contributed by atoms with Crippen LogP contribution in [0.15, 0.2) is 54.6 Å². The second-order valence-electron chi connectivity index (χ2n) is 5.76. The molecule has 1 saturated heterocycles. The van der Waals surface area contributed by atoms with Crippen molar-refractivity contribution in [3.8, 4) is 0 Å². The van der Waals surface area contributed by atoms with Gasteiger partial charge in [0.1, 0.15) is 0 Å². The summed E-state index contributed by atoms with van der Waals surface area (Å²) >= 11 is 5.40. The van der Waals surface area contributed by atoms with Crippen LogP contribution in [0.25, 0.3) is 0 Å². The summed E-state index contributed by atoms with van der Waals surface area (Å²) < 4.78 is 0. The van der Waals surface area contributed by atoms with E-state index in [1.807, 2.05) is 0 Å². The maximum Gasteiger partial charge on any atom is 0.0758 e. The van der Waals surface area contributed by atoms with E-state index in [0.29, 0.717) is 17.9 Å². The molecule has 2 aromatic rings. The van der Waals surface area contributed by atoms with Gasteiger partial charge in [-0.25, -0.2) is 0 Å². The van der Waals surface area contributed by atoms with Crippen molar-refractivity contribution in [2.45, 2.75) is 24.8 Å². The van der Waals surface area contributed by atoms with Crippen LogP contribution >= 0.6 is 12.2 Å². The fourth-order valence-electron chi connectivity index (χ4n) is 3.88. The van der Waals surface area contributed by atoms with Gasteiger partial charge in [-0.2, -0.15) is 0 Å². The molecule has 1 heterocycles. The minimum absolute atomic E-state index is 0.401. The summed E-state index contributed by atoms with van der Waals surface area (Å²) in [4.78, 5) is 1.02. The maximum absolute atomic E-state index is 5.40. The smallest absolute Gasteiger partial charge is 0.0758 e. The third-order valence-corrected chi connectivity index (χ3v) is 5.02. The molecule has 2 heteroatoms. The van der Waals surface area contributed by atoms with E-state index in [4.69, 9.17) is 12.2 Å². The van der Waals surface area contributed by atoms with E-state index < -0.39 is 0 Å². The number of benzene rings is 2. The van der Waals surface area contributed by atoms with Gasteiger partial charge in [0, 0.05) is 5.92 Å². The van der Waals surface area contributed by atoms with Crippen molar-refractivity contribution in [2.75, 3.05) is 0 Å². The molecule has 20 heavy (non-hydrogen) atoms. The number of fused-ring (bicyclic) bond motifs is 3. The minimum atomic E-state index is 0.401. The Morgan fingerprint density at radius 1 is 0.900 bits per heavy atom. The molecule has 0 unspecified atom stereocenters. The Kier molecular flexibility index (Phi) is 2.85. The van der Waals surface area contributed by atoms with Crippen LogP contribution in [0, 0.1) is 5.92 Å². The zero-order chi connectivity index (χ0) is 13.5. The molecule has 1 nitrogen and oxygen atoms in total. The van der Waals surface area contributed by atoms with Gasteiger partial charge in [0.05, 0.1) is 11.0 Å². The molecule has 0 saturated carbocycles. The van der Waals surface area contributed by atoms with Crippen molar-refractivity contribution in [1.82, 2.24) is 5.32 Å². The van der Waals surface area contributed by atoms with E-state index in [1.54, 1.807) is 0 Å². The van der Waals surface area contributed by atoms with Crippen LogP contribution in [-0.4, -0.2) is 4.99 Å². The number of hydrogen-bond acceptors (Lipinski definition) is 1. The molecule has 0 spiro atoms. The molecular weight excluding hydrogens is 262 g/mol. The topological polar surface area (TPSA) is 12.0 Å². The number of hydrogen-bond donors (Lipinski definition) is 1. The molecule has 1 fully saturated rings. The van der Waals surface area contributed by atoms with E-state index in [0.717, 1.165) is 11.4 Å². The highest BCUT2D eigenvalue weighted by Crippen LogP contribution is 2.51. The lowest BCUT2D eigenvalue weighted by molar-refractivity contribution is 0.357. The summed E-state index contributed by atoms with van der Waals surface area (Å²) in [6.07, 6.45) is 2.21. The molecular formula is C18H17NS. The average Bonchev–Trinajstić information content (AvgIpc) is 2.82. The molecule has 0 amide bonds. The van der Waals surface area contributed by atoms with Crippen molar-refractivity contribution in [1.29, 1.82) is 0 Å². The van der Waals surface area contributed by atoms with Gasteiger partial charge in [0.2, 0.25) is 0 Å². The van der Waals surface area contributed by atoms with E-state index >= 15 is 0 Å². The van der Waals surface area contributed by atoms with E-state index in [1.165, 1.54) is 23.1 Å². The van der Waals surface area contributed by atoms with Gasteiger partial charge in [-0.3, -0.25) is 0 Å². The van der Waals surface area contributed by atoms with Crippen LogP contribution in [0.2, 0.25) is 0 Å². The lowest BCUT2D eigenvalue weighted by Gasteiger charge is -2.32. The molecule has 4 rings (SSSR count). The first-order chi connectivity index (χ1) is 9.84. The van der Waals surface area contributed by atoms with E-state index in [9.17, 15) is 0 Å². The van der Waals surface area contributed by atoms with Crippen LogP contribution in [-0.2, 0) is 0 Å². The number of rotatable bonds is 1. The summed E-state index contributed by atoms with van der Waals surface area (Å²) in [6, 6.07) is 20.2. The molecule has 3 atom stereocenters. The molecule has 100 valence electrons. The van der Waals surface area contributed by atoms with Gasteiger partial charge in [-0.1, -0.05) is 66.8 Å². The van der Waals surface area contributed by atoms with Crippen molar-refractivity contribution in [2.24, 2.45) is 5.92 Å². The van der Waals surface area contributed by atoms with Gasteiger partial charge in [0.15, 0.2) is 0 Å². The van der Waals surface area contributed by atoms with Crippen molar-refractivity contribution in [3.05, 3.63) is 71.3 Å². The van der Waals surface area contributed by atoms with Crippen LogP contribution < -0.4 is 5.32 Å². The van der Waals surface area contributed by atoms with Gasteiger partial charge in [-0.15, -0.1) is 0 Å². The Morgan fingerprint density at radius 2 is 1.60 bits per heavy atom. The molecule has 0 radical (unpaired) electrons. The fraction of sp³-hybridized carbons (Fsp3) is 0.278. The SMILES string of the molecule is S=C1CC[C@H]2[C@@H](c3ccccc3)c3ccccc3[C@H]2N1. The highest BCUT2D eigenvalue weighted by molar-refractivity contribution is 7.80. The Morgan fingerprint density at radius 3 is 2.40 bits per heavy atom. The summed E-state index contributed by atoms with van der Waals surface area (Å²) in [5.74, 6) is 1.13. The van der Waals surface area contributed by atoms with Gasteiger partial charge >= 0.3 is 0 Å². The highest BCUT2D eigenvalue weighted by Gasteiger charge is 2.43. The Hall–Kier alpha value is -1.67. The molecule has 2 aromatic carbocycles. The zero-order valence-electron chi connectivity index (χ0n) is 11.3. The first-order valence-electron chi connectivity index (χ1n) is 7.28. The predicted molar refractivity (Wildman–Crippen MR) is 85.9 cm³/mol. The van der Waals surface area contributed by atoms with E-state index in [2.05, 4.69) is 59.9 Å². The predicted octanol–water partition coefficient (Wildman–Crippen LogP) is 4.20. The third kappa shape index (κ3) is 1.79. The number of piperidine rings is 1. The minimum Gasteiger partial charge on any atom is -0.373 e. The van der Waals surface area contributed by atoms with Gasteiger partial charge in [0.25, 0.3) is 0 Å². The lowest BCUT2D eigenvalue weighted by atomic mass is 9.80. The van der Waals surface area contributed by atoms with Crippen LogP contribution in [0.4, 0.5) is 0 Å². The third-order valence-electron chi connectivity index (χ3n) is 4.70.